The van der Waals surface area contributed by atoms with Crippen LogP contribution in [0.3, 0.4) is 0 Å². The van der Waals surface area contributed by atoms with Crippen LogP contribution in [0.5, 0.6) is 0 Å². The van der Waals surface area contributed by atoms with Gasteiger partial charge >= 0.3 is 0 Å². The lowest BCUT2D eigenvalue weighted by atomic mass is 10.1. The van der Waals surface area contributed by atoms with Crippen molar-refractivity contribution in [2.24, 2.45) is 0 Å². The Morgan fingerprint density at radius 2 is 2.23 bits per heavy atom. The molecule has 0 atom stereocenters. The molecular formula is C8H8F2N2O. The molecule has 13 heavy (non-hydrogen) atoms. The Morgan fingerprint density at radius 3 is 2.69 bits per heavy atom. The molecule has 1 aromatic rings. The van der Waals surface area contributed by atoms with Crippen molar-refractivity contribution in [1.29, 1.82) is 0 Å². The number of alkyl halides is 2. The summed E-state index contributed by atoms with van der Waals surface area (Å²) in [5, 5.41) is 0. The van der Waals surface area contributed by atoms with E-state index in [-0.39, 0.29) is 22.6 Å². The molecule has 0 saturated carbocycles. The number of carbonyl (C=O) groups excluding carboxylic acids is 1. The predicted octanol–water partition coefficient (Wildman–Crippen LogP) is 1.72. The van der Waals surface area contributed by atoms with Gasteiger partial charge in [-0.1, -0.05) is 0 Å². The molecule has 0 bridgehead atoms. The zero-order valence-corrected chi connectivity index (χ0v) is 6.92. The second kappa shape index (κ2) is 3.47. The normalized spacial score (nSPS) is 10.5. The van der Waals surface area contributed by atoms with E-state index in [2.05, 4.69) is 4.98 Å². The average molecular weight is 186 g/mol. The van der Waals surface area contributed by atoms with Gasteiger partial charge in [-0.15, -0.1) is 0 Å². The van der Waals surface area contributed by atoms with Crippen molar-refractivity contribution in [3.8, 4) is 0 Å². The minimum absolute atomic E-state index is 0.0279. The first-order valence-corrected chi connectivity index (χ1v) is 3.56. The number of nitrogens with two attached hydrogens (primary N) is 1. The van der Waals surface area contributed by atoms with Crippen LogP contribution in [0.15, 0.2) is 6.07 Å². The van der Waals surface area contributed by atoms with Crippen LogP contribution < -0.4 is 5.73 Å². The maximum absolute atomic E-state index is 12.3. The fraction of sp³-hybridized carbons (Fsp3) is 0.250. The van der Waals surface area contributed by atoms with E-state index in [9.17, 15) is 13.6 Å². The van der Waals surface area contributed by atoms with E-state index in [1.165, 1.54) is 6.92 Å². The molecule has 1 aromatic heterocycles. The van der Waals surface area contributed by atoms with Gasteiger partial charge in [-0.3, -0.25) is 4.79 Å². The summed E-state index contributed by atoms with van der Waals surface area (Å²) in [6, 6.07) is 1.04. The second-order valence-corrected chi connectivity index (χ2v) is 2.57. The van der Waals surface area contributed by atoms with Crippen LogP contribution in [0.4, 0.5) is 14.6 Å². The van der Waals surface area contributed by atoms with Crippen LogP contribution in [0.2, 0.25) is 0 Å². The smallest absolute Gasteiger partial charge is 0.264 e. The maximum atomic E-state index is 12.3. The number of hydrogen-bond acceptors (Lipinski definition) is 3. The van der Waals surface area contributed by atoms with Crippen molar-refractivity contribution in [3.63, 3.8) is 0 Å². The van der Waals surface area contributed by atoms with Crippen LogP contribution >= 0.6 is 0 Å². The van der Waals surface area contributed by atoms with Crippen LogP contribution in [0.25, 0.3) is 0 Å². The topological polar surface area (TPSA) is 56.0 Å². The molecule has 0 aliphatic carbocycles. The molecule has 0 unspecified atom stereocenters. The highest BCUT2D eigenvalue weighted by molar-refractivity contribution is 5.73. The van der Waals surface area contributed by atoms with E-state index < -0.39 is 6.43 Å². The lowest BCUT2D eigenvalue weighted by molar-refractivity contribution is 0.111. The number of carbonyl (C=O) groups is 1. The molecule has 1 rings (SSSR count). The van der Waals surface area contributed by atoms with Crippen LogP contribution in [0, 0.1) is 6.92 Å². The van der Waals surface area contributed by atoms with E-state index in [1.807, 2.05) is 0 Å². The van der Waals surface area contributed by atoms with Crippen LogP contribution in [-0.4, -0.2) is 11.3 Å². The summed E-state index contributed by atoms with van der Waals surface area (Å²) in [4.78, 5) is 13.9. The summed E-state index contributed by atoms with van der Waals surface area (Å²) in [7, 11) is 0. The quantitative estimate of drug-likeness (QED) is 0.715. The lowest BCUT2D eigenvalue weighted by Crippen LogP contribution is -2.02. The van der Waals surface area contributed by atoms with Gasteiger partial charge in [0, 0.05) is 11.1 Å². The first-order chi connectivity index (χ1) is 6.06. The Morgan fingerprint density at radius 1 is 1.62 bits per heavy atom. The number of nitrogens with zero attached hydrogens (tertiary/aromatic N) is 1. The molecule has 70 valence electrons. The highest BCUT2D eigenvalue weighted by atomic mass is 19.3. The summed E-state index contributed by atoms with van der Waals surface area (Å²) in [6.07, 6.45) is -2.24. The van der Waals surface area contributed by atoms with Crippen molar-refractivity contribution in [1.82, 2.24) is 4.98 Å². The average Bonchev–Trinajstić information content (AvgIpc) is 2.09. The maximum Gasteiger partial charge on any atom is 0.264 e. The third-order valence-electron chi connectivity index (χ3n) is 1.73. The molecule has 0 aliphatic heterocycles. The van der Waals surface area contributed by atoms with Gasteiger partial charge in [0.05, 0.1) is 0 Å². The Kier molecular flexibility index (Phi) is 2.55. The Bertz CT molecular complexity index is 339. The van der Waals surface area contributed by atoms with Gasteiger partial charge in [-0.25, -0.2) is 13.8 Å². The van der Waals surface area contributed by atoms with Gasteiger partial charge in [-0.2, -0.15) is 0 Å². The molecule has 0 saturated heterocycles. The van der Waals surface area contributed by atoms with E-state index in [4.69, 9.17) is 5.73 Å². The summed E-state index contributed by atoms with van der Waals surface area (Å²) in [5.74, 6) is -0.0279. The standard InChI is InChI=1S/C8H8F2N2O/c1-4-6(7(9)10)2-5(3-13)12-8(4)11/h2-3,7H,1H3,(H2,11,12). The van der Waals surface area contributed by atoms with E-state index in [0.717, 1.165) is 6.07 Å². The highest BCUT2D eigenvalue weighted by Gasteiger charge is 2.14. The number of halogens is 2. The fourth-order valence-corrected chi connectivity index (χ4v) is 0.958. The first kappa shape index (κ1) is 9.57. The number of aldehydes is 1. The number of anilines is 1. The first-order valence-electron chi connectivity index (χ1n) is 3.56. The number of aromatic nitrogens is 1. The number of hydrogen-bond donors (Lipinski definition) is 1. The van der Waals surface area contributed by atoms with Crippen molar-refractivity contribution in [3.05, 3.63) is 22.9 Å². The fourth-order valence-electron chi connectivity index (χ4n) is 0.958. The summed E-state index contributed by atoms with van der Waals surface area (Å²) >= 11 is 0. The number of pyridine rings is 1. The predicted molar refractivity (Wildman–Crippen MR) is 43.7 cm³/mol. The zero-order valence-electron chi connectivity index (χ0n) is 6.92. The molecule has 0 aromatic carbocycles. The lowest BCUT2D eigenvalue weighted by Gasteiger charge is -2.07. The molecule has 2 N–H and O–H groups in total. The van der Waals surface area contributed by atoms with Gasteiger partial charge in [0.1, 0.15) is 11.5 Å². The molecular weight excluding hydrogens is 178 g/mol. The van der Waals surface area contributed by atoms with Gasteiger partial charge < -0.3 is 5.73 Å². The Labute approximate surface area is 73.6 Å². The molecule has 3 nitrogen and oxygen atoms in total. The SMILES string of the molecule is Cc1c(C(F)F)cc(C=O)nc1N. The minimum atomic E-state index is -2.64. The number of nitrogen functional groups attached to an aromatic ring is 1. The van der Waals surface area contributed by atoms with Crippen molar-refractivity contribution < 1.29 is 13.6 Å². The van der Waals surface area contributed by atoms with Crippen molar-refractivity contribution in [2.45, 2.75) is 13.3 Å². The molecule has 0 spiro atoms. The third-order valence-corrected chi connectivity index (χ3v) is 1.73. The monoisotopic (exact) mass is 186 g/mol. The minimum Gasteiger partial charge on any atom is -0.383 e. The highest BCUT2D eigenvalue weighted by Crippen LogP contribution is 2.25. The molecule has 0 radical (unpaired) electrons. The van der Waals surface area contributed by atoms with Crippen molar-refractivity contribution in [2.75, 3.05) is 5.73 Å². The van der Waals surface area contributed by atoms with E-state index >= 15 is 0 Å². The van der Waals surface area contributed by atoms with Gasteiger partial charge in [0.25, 0.3) is 6.43 Å². The number of rotatable bonds is 2. The molecule has 0 amide bonds. The van der Waals surface area contributed by atoms with Crippen molar-refractivity contribution >= 4 is 12.1 Å². The summed E-state index contributed by atoms with van der Waals surface area (Å²) in [6.45, 7) is 1.44. The Balaban J connectivity index is 3.32. The van der Waals surface area contributed by atoms with E-state index in [0.29, 0.717) is 6.29 Å². The van der Waals surface area contributed by atoms with Crippen LogP contribution in [0.1, 0.15) is 28.0 Å². The van der Waals surface area contributed by atoms with Gasteiger partial charge in [0.2, 0.25) is 0 Å². The molecule has 5 heteroatoms. The second-order valence-electron chi connectivity index (χ2n) is 2.57. The van der Waals surface area contributed by atoms with Gasteiger partial charge in [0.15, 0.2) is 6.29 Å². The summed E-state index contributed by atoms with van der Waals surface area (Å²) in [5.41, 5.74) is 5.24. The summed E-state index contributed by atoms with van der Waals surface area (Å²) < 4.78 is 24.6. The van der Waals surface area contributed by atoms with E-state index in [1.54, 1.807) is 0 Å². The largest absolute Gasteiger partial charge is 0.383 e. The van der Waals surface area contributed by atoms with Gasteiger partial charge in [-0.05, 0) is 13.0 Å². The zero-order chi connectivity index (χ0) is 10.0. The Hall–Kier alpha value is -1.52. The van der Waals surface area contributed by atoms with Crippen LogP contribution in [-0.2, 0) is 0 Å². The third kappa shape index (κ3) is 1.80. The molecule has 0 fully saturated rings. The molecule has 1 heterocycles. The molecule has 0 aliphatic rings.